The number of nitrogens with zero attached hydrogens (tertiary/aromatic N) is 2. The van der Waals surface area contributed by atoms with Gasteiger partial charge in [-0.15, -0.1) is 0 Å². The van der Waals surface area contributed by atoms with Crippen molar-refractivity contribution < 1.29 is 9.53 Å². The summed E-state index contributed by atoms with van der Waals surface area (Å²) in [7, 11) is 0. The minimum atomic E-state index is -0.415. The summed E-state index contributed by atoms with van der Waals surface area (Å²) in [5, 5.41) is 9.45. The predicted octanol–water partition coefficient (Wildman–Crippen LogP) is 2.59. The molecule has 0 amide bonds. The van der Waals surface area contributed by atoms with Crippen LogP contribution in [0.3, 0.4) is 0 Å². The Kier molecular flexibility index (Phi) is 4.43. The quantitative estimate of drug-likeness (QED) is 0.799. The molecule has 0 aliphatic carbocycles. The minimum Gasteiger partial charge on any atom is -0.462 e. The van der Waals surface area contributed by atoms with Crippen LogP contribution in [0.2, 0.25) is 0 Å². The smallest absolute Gasteiger partial charge is 0.326 e. The number of carbonyl (C=O) groups excluding carboxylic acids is 1. The molecule has 0 spiro atoms. The molecule has 1 aromatic carbocycles. The second-order valence-corrected chi connectivity index (χ2v) is 5.73. The molecule has 0 bridgehead atoms. The van der Waals surface area contributed by atoms with Crippen LogP contribution < -0.4 is 5.43 Å². The number of nitriles is 1. The summed E-state index contributed by atoms with van der Waals surface area (Å²) >= 11 is 3.30. The maximum atomic E-state index is 12.2. The molecular formula is C15H13BrN2O3. The number of rotatable bonds is 3. The molecule has 108 valence electrons. The highest BCUT2D eigenvalue weighted by atomic mass is 79.9. The SMILES string of the molecule is CC(C)OC(=O)Cn1cc(C#N)c(=O)c2cc(Br)ccc21. The maximum absolute atomic E-state index is 12.2. The molecule has 2 aromatic rings. The van der Waals surface area contributed by atoms with Gasteiger partial charge < -0.3 is 9.30 Å². The Balaban J connectivity index is 2.58. The Labute approximate surface area is 129 Å². The van der Waals surface area contributed by atoms with Gasteiger partial charge in [-0.05, 0) is 32.0 Å². The van der Waals surface area contributed by atoms with E-state index < -0.39 is 5.97 Å². The molecule has 0 saturated heterocycles. The summed E-state index contributed by atoms with van der Waals surface area (Å²) < 4.78 is 7.40. The molecule has 0 saturated carbocycles. The second kappa shape index (κ2) is 6.10. The van der Waals surface area contributed by atoms with Crippen LogP contribution in [0.25, 0.3) is 10.9 Å². The predicted molar refractivity (Wildman–Crippen MR) is 81.9 cm³/mol. The Morgan fingerprint density at radius 3 is 2.81 bits per heavy atom. The Morgan fingerprint density at radius 2 is 2.19 bits per heavy atom. The van der Waals surface area contributed by atoms with E-state index in [0.29, 0.717) is 10.9 Å². The summed E-state index contributed by atoms with van der Waals surface area (Å²) in [5.41, 5.74) is 0.239. The van der Waals surface area contributed by atoms with E-state index >= 15 is 0 Å². The molecule has 0 N–H and O–H groups in total. The lowest BCUT2D eigenvalue weighted by Gasteiger charge is -2.13. The summed E-state index contributed by atoms with van der Waals surface area (Å²) in [5.74, 6) is -0.415. The molecule has 0 unspecified atom stereocenters. The van der Waals surface area contributed by atoms with Crippen LogP contribution in [-0.4, -0.2) is 16.6 Å². The summed E-state index contributed by atoms with van der Waals surface area (Å²) in [6.07, 6.45) is 1.17. The number of carbonyl (C=O) groups is 1. The first-order valence-corrected chi connectivity index (χ1v) is 7.14. The lowest BCUT2D eigenvalue weighted by Crippen LogP contribution is -2.20. The molecule has 0 radical (unpaired) electrons. The maximum Gasteiger partial charge on any atom is 0.326 e. The fraction of sp³-hybridized carbons (Fsp3) is 0.267. The van der Waals surface area contributed by atoms with Crippen molar-refractivity contribution in [1.82, 2.24) is 4.57 Å². The lowest BCUT2D eigenvalue weighted by molar-refractivity contribution is -0.148. The van der Waals surface area contributed by atoms with E-state index in [1.807, 2.05) is 6.07 Å². The van der Waals surface area contributed by atoms with Crippen molar-refractivity contribution >= 4 is 32.8 Å². The van der Waals surface area contributed by atoms with Gasteiger partial charge in [0, 0.05) is 16.1 Å². The first kappa shape index (κ1) is 15.3. The van der Waals surface area contributed by atoms with Crippen LogP contribution in [0.15, 0.2) is 33.7 Å². The molecule has 2 rings (SSSR count). The molecule has 1 aromatic heterocycles. The fourth-order valence-electron chi connectivity index (χ4n) is 2.02. The van der Waals surface area contributed by atoms with Crippen LogP contribution in [0, 0.1) is 11.3 Å². The third kappa shape index (κ3) is 3.31. The molecule has 0 fully saturated rings. The zero-order valence-corrected chi connectivity index (χ0v) is 13.2. The number of ether oxygens (including phenoxy) is 1. The monoisotopic (exact) mass is 348 g/mol. The van der Waals surface area contributed by atoms with Crippen molar-refractivity contribution in [2.45, 2.75) is 26.5 Å². The molecule has 5 nitrogen and oxygen atoms in total. The van der Waals surface area contributed by atoms with Crippen LogP contribution in [-0.2, 0) is 16.1 Å². The van der Waals surface area contributed by atoms with Gasteiger partial charge in [0.05, 0.1) is 11.6 Å². The molecule has 21 heavy (non-hydrogen) atoms. The molecule has 0 aliphatic rings. The van der Waals surface area contributed by atoms with Crippen molar-refractivity contribution in [1.29, 1.82) is 5.26 Å². The van der Waals surface area contributed by atoms with Crippen molar-refractivity contribution in [2.75, 3.05) is 0 Å². The van der Waals surface area contributed by atoms with Gasteiger partial charge in [0.1, 0.15) is 18.2 Å². The van der Waals surface area contributed by atoms with Crippen molar-refractivity contribution in [3.63, 3.8) is 0 Å². The number of halogens is 1. The summed E-state index contributed by atoms with van der Waals surface area (Å²) in [6.45, 7) is 3.48. The van der Waals surface area contributed by atoms with E-state index in [0.717, 1.165) is 4.47 Å². The van der Waals surface area contributed by atoms with Gasteiger partial charge in [-0.1, -0.05) is 15.9 Å². The number of pyridine rings is 1. The van der Waals surface area contributed by atoms with Gasteiger partial charge in [0.2, 0.25) is 5.43 Å². The Morgan fingerprint density at radius 1 is 1.48 bits per heavy atom. The van der Waals surface area contributed by atoms with Gasteiger partial charge in [0.25, 0.3) is 0 Å². The fourth-order valence-corrected chi connectivity index (χ4v) is 2.38. The topological polar surface area (TPSA) is 72.1 Å². The zero-order chi connectivity index (χ0) is 15.6. The highest BCUT2D eigenvalue weighted by molar-refractivity contribution is 9.10. The number of aromatic nitrogens is 1. The number of benzene rings is 1. The van der Waals surface area contributed by atoms with E-state index in [9.17, 15) is 9.59 Å². The van der Waals surface area contributed by atoms with E-state index in [2.05, 4.69) is 15.9 Å². The zero-order valence-electron chi connectivity index (χ0n) is 11.6. The van der Waals surface area contributed by atoms with E-state index in [-0.39, 0.29) is 23.6 Å². The van der Waals surface area contributed by atoms with E-state index in [1.54, 1.807) is 36.6 Å². The largest absolute Gasteiger partial charge is 0.462 e. The normalized spacial score (nSPS) is 10.6. The van der Waals surface area contributed by atoms with Crippen LogP contribution in [0.1, 0.15) is 19.4 Å². The number of hydrogen-bond acceptors (Lipinski definition) is 4. The van der Waals surface area contributed by atoms with Gasteiger partial charge in [0.15, 0.2) is 0 Å². The highest BCUT2D eigenvalue weighted by Gasteiger charge is 2.13. The average molecular weight is 349 g/mol. The second-order valence-electron chi connectivity index (χ2n) is 4.81. The Bertz CT molecular complexity index is 803. The molecule has 0 atom stereocenters. The third-order valence-corrected chi connectivity index (χ3v) is 3.32. The highest BCUT2D eigenvalue weighted by Crippen LogP contribution is 2.18. The van der Waals surface area contributed by atoms with Gasteiger partial charge in [-0.2, -0.15) is 5.26 Å². The molecule has 6 heteroatoms. The molecule has 0 aliphatic heterocycles. The van der Waals surface area contributed by atoms with Crippen molar-refractivity contribution in [2.24, 2.45) is 0 Å². The minimum absolute atomic E-state index is 0.00190. The molecule has 1 heterocycles. The number of esters is 1. The number of hydrogen-bond donors (Lipinski definition) is 0. The standard InChI is InChI=1S/C15H13BrN2O3/c1-9(2)21-14(19)8-18-7-10(6-17)15(20)12-5-11(16)3-4-13(12)18/h3-5,7,9H,8H2,1-2H3. The third-order valence-electron chi connectivity index (χ3n) is 2.83. The van der Waals surface area contributed by atoms with Crippen LogP contribution >= 0.6 is 15.9 Å². The molecular weight excluding hydrogens is 336 g/mol. The average Bonchev–Trinajstić information content (AvgIpc) is 2.41. The van der Waals surface area contributed by atoms with Gasteiger partial charge in [-0.25, -0.2) is 0 Å². The van der Waals surface area contributed by atoms with Crippen molar-refractivity contribution in [3.8, 4) is 6.07 Å². The summed E-state index contributed by atoms with van der Waals surface area (Å²) in [6, 6.07) is 7.00. The Hall–Kier alpha value is -2.13. The first-order chi connectivity index (χ1) is 9.92. The van der Waals surface area contributed by atoms with Crippen molar-refractivity contribution in [3.05, 3.63) is 44.7 Å². The van der Waals surface area contributed by atoms with E-state index in [1.165, 1.54) is 6.20 Å². The van der Waals surface area contributed by atoms with Crippen LogP contribution in [0.4, 0.5) is 0 Å². The lowest BCUT2D eigenvalue weighted by atomic mass is 10.1. The van der Waals surface area contributed by atoms with Gasteiger partial charge in [-0.3, -0.25) is 9.59 Å². The van der Waals surface area contributed by atoms with E-state index in [4.69, 9.17) is 10.00 Å². The first-order valence-electron chi connectivity index (χ1n) is 6.34. The van der Waals surface area contributed by atoms with Crippen LogP contribution in [0.5, 0.6) is 0 Å². The summed E-state index contributed by atoms with van der Waals surface area (Å²) in [4.78, 5) is 24.0. The van der Waals surface area contributed by atoms with Gasteiger partial charge >= 0.3 is 5.97 Å². The number of fused-ring (bicyclic) bond motifs is 1.